The summed E-state index contributed by atoms with van der Waals surface area (Å²) in [4.78, 5) is 36.1. The van der Waals surface area contributed by atoms with Gasteiger partial charge in [0.25, 0.3) is 0 Å². The smallest absolute Gasteiger partial charge is 0.322 e. The van der Waals surface area contributed by atoms with Gasteiger partial charge < -0.3 is 15.7 Å². The molecule has 112 valence electrons. The van der Waals surface area contributed by atoms with Crippen molar-refractivity contribution in [3.05, 3.63) is 24.3 Å². The number of nitrogens with zero attached hydrogens (tertiary/aromatic N) is 1. The molecule has 3 amide bonds. The zero-order valence-corrected chi connectivity index (χ0v) is 11.6. The van der Waals surface area contributed by atoms with Gasteiger partial charge in [-0.05, 0) is 18.6 Å². The molecule has 0 bridgehead atoms. The number of amides is 3. The molecule has 21 heavy (non-hydrogen) atoms. The van der Waals surface area contributed by atoms with Crippen molar-refractivity contribution in [2.75, 3.05) is 23.3 Å². The first kappa shape index (κ1) is 14.8. The highest BCUT2D eigenvalue weighted by atomic mass is 16.4. The Hall–Kier alpha value is -2.57. The van der Waals surface area contributed by atoms with E-state index in [1.165, 1.54) is 4.90 Å². The van der Waals surface area contributed by atoms with Crippen molar-refractivity contribution in [2.24, 2.45) is 5.92 Å². The number of urea groups is 1. The third-order valence-electron chi connectivity index (χ3n) is 3.36. The Morgan fingerprint density at radius 2 is 2.14 bits per heavy atom. The summed E-state index contributed by atoms with van der Waals surface area (Å²) in [5, 5.41) is 14.2. The number of carboxylic acids is 1. The number of nitrogens with one attached hydrogen (secondary N) is 2. The molecule has 3 N–H and O–H groups in total. The van der Waals surface area contributed by atoms with Gasteiger partial charge >= 0.3 is 12.0 Å². The molecule has 1 aromatic carbocycles. The predicted molar refractivity (Wildman–Crippen MR) is 77.2 cm³/mol. The van der Waals surface area contributed by atoms with Crippen molar-refractivity contribution in [3.63, 3.8) is 0 Å². The van der Waals surface area contributed by atoms with E-state index in [1.807, 2.05) is 0 Å². The average Bonchev–Trinajstić information content (AvgIpc) is 2.46. The standard InChI is InChI=1S/C14H17N3O4/c1-2-9(13(19)20)7-15-14(21)17-8-12(18)16-10-5-3-4-6-11(10)17/h3-6,9H,2,7-8H2,1H3,(H,15,21)(H,16,18)(H,19,20). The molecule has 1 aliphatic heterocycles. The van der Waals surface area contributed by atoms with Gasteiger partial charge in [0.2, 0.25) is 5.91 Å². The van der Waals surface area contributed by atoms with Crippen LogP contribution in [0.1, 0.15) is 13.3 Å². The van der Waals surface area contributed by atoms with Crippen molar-refractivity contribution in [1.29, 1.82) is 0 Å². The molecule has 1 aliphatic rings. The van der Waals surface area contributed by atoms with Gasteiger partial charge in [-0.1, -0.05) is 19.1 Å². The monoisotopic (exact) mass is 291 g/mol. The fourth-order valence-corrected chi connectivity index (χ4v) is 2.13. The molecule has 1 heterocycles. The maximum Gasteiger partial charge on any atom is 0.322 e. The zero-order chi connectivity index (χ0) is 15.4. The highest BCUT2D eigenvalue weighted by Crippen LogP contribution is 2.28. The van der Waals surface area contributed by atoms with Gasteiger partial charge in [0.05, 0.1) is 17.3 Å². The molecule has 0 aliphatic carbocycles. The number of carbonyl (C=O) groups is 3. The lowest BCUT2D eigenvalue weighted by molar-refractivity contribution is -0.141. The van der Waals surface area contributed by atoms with Gasteiger partial charge in [0, 0.05) is 6.54 Å². The van der Waals surface area contributed by atoms with E-state index in [2.05, 4.69) is 10.6 Å². The first-order valence-electron chi connectivity index (χ1n) is 6.70. The van der Waals surface area contributed by atoms with Crippen LogP contribution in [-0.2, 0) is 9.59 Å². The molecule has 2 rings (SSSR count). The van der Waals surface area contributed by atoms with Crippen molar-refractivity contribution in [2.45, 2.75) is 13.3 Å². The number of anilines is 2. The number of hydrogen-bond donors (Lipinski definition) is 3. The summed E-state index contributed by atoms with van der Waals surface area (Å²) in [6.45, 7) is 1.69. The average molecular weight is 291 g/mol. The molecule has 7 heteroatoms. The number of carboxylic acid groups (broad SMARTS) is 1. The van der Waals surface area contributed by atoms with E-state index in [0.717, 1.165) is 0 Å². The summed E-state index contributed by atoms with van der Waals surface area (Å²) in [6.07, 6.45) is 0.423. The lowest BCUT2D eigenvalue weighted by atomic mass is 10.1. The van der Waals surface area contributed by atoms with Gasteiger partial charge in [-0.2, -0.15) is 0 Å². The fourth-order valence-electron chi connectivity index (χ4n) is 2.13. The Morgan fingerprint density at radius 1 is 1.43 bits per heavy atom. The topological polar surface area (TPSA) is 98.7 Å². The summed E-state index contributed by atoms with van der Waals surface area (Å²) in [6, 6.07) is 6.49. The van der Waals surface area contributed by atoms with Crippen LogP contribution in [0.25, 0.3) is 0 Å². The number of rotatable bonds is 4. The van der Waals surface area contributed by atoms with Gasteiger partial charge in [0.1, 0.15) is 6.54 Å². The van der Waals surface area contributed by atoms with Crippen molar-refractivity contribution in [1.82, 2.24) is 5.32 Å². The third-order valence-corrected chi connectivity index (χ3v) is 3.36. The molecular formula is C14H17N3O4. The lowest BCUT2D eigenvalue weighted by Gasteiger charge is -2.29. The van der Waals surface area contributed by atoms with E-state index in [4.69, 9.17) is 5.11 Å². The number of fused-ring (bicyclic) bond motifs is 1. The van der Waals surface area contributed by atoms with Gasteiger partial charge in [-0.3, -0.25) is 14.5 Å². The van der Waals surface area contributed by atoms with Crippen LogP contribution in [0.5, 0.6) is 0 Å². The minimum atomic E-state index is -0.949. The third kappa shape index (κ3) is 3.31. The van der Waals surface area contributed by atoms with Crippen LogP contribution in [0.2, 0.25) is 0 Å². The number of hydrogen-bond acceptors (Lipinski definition) is 3. The summed E-state index contributed by atoms with van der Waals surface area (Å²) in [7, 11) is 0. The van der Waals surface area contributed by atoms with E-state index < -0.39 is 17.9 Å². The summed E-state index contributed by atoms with van der Waals surface area (Å²) < 4.78 is 0. The SMILES string of the molecule is CCC(CNC(=O)N1CC(=O)Nc2ccccc21)C(=O)O. The molecule has 1 unspecified atom stereocenters. The Kier molecular flexibility index (Phi) is 4.42. The van der Waals surface area contributed by atoms with E-state index in [0.29, 0.717) is 17.8 Å². The molecule has 0 saturated heterocycles. The minimum Gasteiger partial charge on any atom is -0.481 e. The summed E-state index contributed by atoms with van der Waals surface area (Å²) >= 11 is 0. The van der Waals surface area contributed by atoms with Gasteiger partial charge in [-0.25, -0.2) is 4.79 Å². The normalized spacial score (nSPS) is 14.9. The second-order valence-corrected chi connectivity index (χ2v) is 4.78. The van der Waals surface area contributed by atoms with Crippen molar-refractivity contribution < 1.29 is 19.5 Å². The van der Waals surface area contributed by atoms with E-state index >= 15 is 0 Å². The van der Waals surface area contributed by atoms with Crippen LogP contribution in [0.4, 0.5) is 16.2 Å². The molecule has 0 saturated carbocycles. The number of para-hydroxylation sites is 2. The highest BCUT2D eigenvalue weighted by Gasteiger charge is 2.27. The fraction of sp³-hybridized carbons (Fsp3) is 0.357. The Morgan fingerprint density at radius 3 is 2.81 bits per heavy atom. The predicted octanol–water partition coefficient (Wildman–Crippen LogP) is 1.27. The van der Waals surface area contributed by atoms with Gasteiger partial charge in [0.15, 0.2) is 0 Å². The number of aliphatic carboxylic acids is 1. The van der Waals surface area contributed by atoms with Crippen LogP contribution in [0.15, 0.2) is 24.3 Å². The molecule has 7 nitrogen and oxygen atoms in total. The van der Waals surface area contributed by atoms with E-state index in [9.17, 15) is 14.4 Å². The van der Waals surface area contributed by atoms with Gasteiger partial charge in [-0.15, -0.1) is 0 Å². The quantitative estimate of drug-likeness (QED) is 0.777. The zero-order valence-electron chi connectivity index (χ0n) is 11.6. The molecule has 0 aromatic heterocycles. The molecule has 0 radical (unpaired) electrons. The Balaban J connectivity index is 2.09. The largest absolute Gasteiger partial charge is 0.481 e. The number of carbonyl (C=O) groups excluding carboxylic acids is 2. The number of benzene rings is 1. The Bertz CT molecular complexity index is 573. The highest BCUT2D eigenvalue weighted by molar-refractivity contribution is 6.09. The lowest BCUT2D eigenvalue weighted by Crippen LogP contribution is -2.48. The van der Waals surface area contributed by atoms with Crippen molar-refractivity contribution in [3.8, 4) is 0 Å². The van der Waals surface area contributed by atoms with E-state index in [1.54, 1.807) is 31.2 Å². The van der Waals surface area contributed by atoms with E-state index in [-0.39, 0.29) is 19.0 Å². The first-order valence-corrected chi connectivity index (χ1v) is 6.70. The van der Waals surface area contributed by atoms with Crippen molar-refractivity contribution >= 4 is 29.3 Å². The molecule has 1 aromatic rings. The molecule has 1 atom stereocenters. The maximum absolute atomic E-state index is 12.2. The molecular weight excluding hydrogens is 274 g/mol. The van der Waals surface area contributed by atoms with Crippen LogP contribution in [0, 0.1) is 5.92 Å². The first-order chi connectivity index (χ1) is 10.0. The minimum absolute atomic E-state index is 0.0327. The summed E-state index contributed by atoms with van der Waals surface area (Å²) in [5.74, 6) is -1.87. The second kappa shape index (κ2) is 6.25. The van der Waals surface area contributed by atoms with Crippen LogP contribution in [-0.4, -0.2) is 36.1 Å². The summed E-state index contributed by atoms with van der Waals surface area (Å²) in [5.41, 5.74) is 1.16. The molecule has 0 fully saturated rings. The Labute approximate surface area is 121 Å². The molecule has 0 spiro atoms. The van der Waals surface area contributed by atoms with Crippen LogP contribution in [0.3, 0.4) is 0 Å². The van der Waals surface area contributed by atoms with Crippen LogP contribution < -0.4 is 15.5 Å². The maximum atomic E-state index is 12.2. The van der Waals surface area contributed by atoms with Crippen LogP contribution >= 0.6 is 0 Å². The second-order valence-electron chi connectivity index (χ2n) is 4.78.